The van der Waals surface area contributed by atoms with E-state index in [2.05, 4.69) is 5.32 Å². The van der Waals surface area contributed by atoms with Gasteiger partial charge >= 0.3 is 0 Å². The molecule has 2 amide bonds. The highest BCUT2D eigenvalue weighted by atomic mass is 16.5. The van der Waals surface area contributed by atoms with Crippen molar-refractivity contribution >= 4 is 17.5 Å². The van der Waals surface area contributed by atoms with Crippen LogP contribution in [0.4, 0.5) is 5.69 Å². The van der Waals surface area contributed by atoms with Crippen molar-refractivity contribution in [1.29, 1.82) is 0 Å². The van der Waals surface area contributed by atoms with Crippen LogP contribution in [0.5, 0.6) is 5.75 Å². The number of piperidine rings is 1. The van der Waals surface area contributed by atoms with Crippen molar-refractivity contribution in [2.45, 2.75) is 39.2 Å². The minimum Gasteiger partial charge on any atom is -0.481 e. The van der Waals surface area contributed by atoms with Gasteiger partial charge in [0.2, 0.25) is 0 Å². The third kappa shape index (κ3) is 4.88. The summed E-state index contributed by atoms with van der Waals surface area (Å²) in [7, 11) is 0. The third-order valence-electron chi connectivity index (χ3n) is 4.76. The molecule has 0 aromatic heterocycles. The molecule has 1 atom stereocenters. The van der Waals surface area contributed by atoms with Crippen molar-refractivity contribution < 1.29 is 14.3 Å². The SMILES string of the molecule is Cc1ccc(O[C@H](C)C(=O)Nc2ccccc2C(=O)N2CCCCC2)cc1. The van der Waals surface area contributed by atoms with Gasteiger partial charge in [-0.25, -0.2) is 0 Å². The van der Waals surface area contributed by atoms with Crippen LogP contribution in [0.1, 0.15) is 42.1 Å². The molecule has 1 heterocycles. The molecule has 1 fully saturated rings. The van der Waals surface area contributed by atoms with Crippen LogP contribution in [0.2, 0.25) is 0 Å². The number of carbonyl (C=O) groups is 2. The maximum absolute atomic E-state index is 12.8. The highest BCUT2D eigenvalue weighted by Gasteiger charge is 2.22. The second kappa shape index (κ2) is 8.71. The molecule has 0 radical (unpaired) electrons. The Morgan fingerprint density at radius 2 is 1.67 bits per heavy atom. The van der Waals surface area contributed by atoms with Gasteiger partial charge in [0.05, 0.1) is 11.3 Å². The predicted octanol–water partition coefficient (Wildman–Crippen LogP) is 4.03. The molecule has 5 heteroatoms. The number of hydrogen-bond donors (Lipinski definition) is 1. The van der Waals surface area contributed by atoms with Gasteiger partial charge in [-0.15, -0.1) is 0 Å². The highest BCUT2D eigenvalue weighted by Crippen LogP contribution is 2.21. The molecule has 5 nitrogen and oxygen atoms in total. The third-order valence-corrected chi connectivity index (χ3v) is 4.76. The molecule has 2 aromatic carbocycles. The van der Waals surface area contributed by atoms with Gasteiger partial charge in [0, 0.05) is 13.1 Å². The van der Waals surface area contributed by atoms with Gasteiger partial charge in [0.1, 0.15) is 5.75 Å². The van der Waals surface area contributed by atoms with Crippen molar-refractivity contribution in [2.24, 2.45) is 0 Å². The Bertz CT molecular complexity index is 795. The van der Waals surface area contributed by atoms with E-state index < -0.39 is 6.10 Å². The molecular weight excluding hydrogens is 340 g/mol. The largest absolute Gasteiger partial charge is 0.481 e. The number of likely N-dealkylation sites (tertiary alicyclic amines) is 1. The number of aryl methyl sites for hydroxylation is 1. The normalized spacial score (nSPS) is 15.1. The van der Waals surface area contributed by atoms with Crippen molar-refractivity contribution in [3.05, 3.63) is 59.7 Å². The molecule has 1 saturated heterocycles. The fourth-order valence-electron chi connectivity index (χ4n) is 3.15. The minimum atomic E-state index is -0.675. The van der Waals surface area contributed by atoms with E-state index in [1.807, 2.05) is 48.2 Å². The van der Waals surface area contributed by atoms with Crippen molar-refractivity contribution in [3.8, 4) is 5.75 Å². The van der Waals surface area contributed by atoms with E-state index in [1.165, 1.54) is 0 Å². The molecule has 0 saturated carbocycles. The zero-order valence-electron chi connectivity index (χ0n) is 15.9. The monoisotopic (exact) mass is 366 g/mol. The lowest BCUT2D eigenvalue weighted by molar-refractivity contribution is -0.122. The first-order chi connectivity index (χ1) is 13.0. The summed E-state index contributed by atoms with van der Waals surface area (Å²) >= 11 is 0. The number of ether oxygens (including phenoxy) is 1. The fraction of sp³-hybridized carbons (Fsp3) is 0.364. The molecule has 0 spiro atoms. The van der Waals surface area contributed by atoms with Crippen LogP contribution in [0.3, 0.4) is 0 Å². The summed E-state index contributed by atoms with van der Waals surface area (Å²) in [6.45, 7) is 5.24. The quantitative estimate of drug-likeness (QED) is 0.869. The Morgan fingerprint density at radius 3 is 2.37 bits per heavy atom. The lowest BCUT2D eigenvalue weighted by Crippen LogP contribution is -2.36. The Morgan fingerprint density at radius 1 is 1.00 bits per heavy atom. The number of hydrogen-bond acceptors (Lipinski definition) is 3. The van der Waals surface area contributed by atoms with Gasteiger partial charge < -0.3 is 15.0 Å². The van der Waals surface area contributed by atoms with E-state index in [0.717, 1.165) is 37.9 Å². The Kier molecular flexibility index (Phi) is 6.12. The molecule has 27 heavy (non-hydrogen) atoms. The molecule has 3 rings (SSSR count). The molecule has 1 aliphatic rings. The van der Waals surface area contributed by atoms with Gasteiger partial charge in [-0.2, -0.15) is 0 Å². The van der Waals surface area contributed by atoms with Gasteiger partial charge in [0.25, 0.3) is 11.8 Å². The van der Waals surface area contributed by atoms with Gasteiger partial charge in [-0.1, -0.05) is 29.8 Å². The van der Waals surface area contributed by atoms with Crippen LogP contribution < -0.4 is 10.1 Å². The van der Waals surface area contributed by atoms with E-state index >= 15 is 0 Å². The summed E-state index contributed by atoms with van der Waals surface area (Å²) < 4.78 is 5.71. The summed E-state index contributed by atoms with van der Waals surface area (Å²) in [4.78, 5) is 27.3. The molecule has 142 valence electrons. The van der Waals surface area contributed by atoms with E-state index in [4.69, 9.17) is 4.74 Å². The van der Waals surface area contributed by atoms with Gasteiger partial charge in [-0.3, -0.25) is 9.59 Å². The first kappa shape index (κ1) is 19.0. The van der Waals surface area contributed by atoms with E-state index in [1.54, 1.807) is 19.1 Å². The summed E-state index contributed by atoms with van der Waals surface area (Å²) in [5.74, 6) is 0.327. The average Bonchev–Trinajstić information content (AvgIpc) is 2.70. The van der Waals surface area contributed by atoms with E-state index in [-0.39, 0.29) is 11.8 Å². The zero-order valence-corrected chi connectivity index (χ0v) is 15.9. The number of rotatable bonds is 5. The smallest absolute Gasteiger partial charge is 0.265 e. The van der Waals surface area contributed by atoms with Crippen LogP contribution in [0, 0.1) is 6.92 Å². The lowest BCUT2D eigenvalue weighted by atomic mass is 10.1. The predicted molar refractivity (Wildman–Crippen MR) is 106 cm³/mol. The fourth-order valence-corrected chi connectivity index (χ4v) is 3.15. The molecular formula is C22H26N2O3. The number of carbonyl (C=O) groups excluding carboxylic acids is 2. The number of nitrogens with one attached hydrogen (secondary N) is 1. The Hall–Kier alpha value is -2.82. The van der Waals surface area contributed by atoms with Crippen molar-refractivity contribution in [2.75, 3.05) is 18.4 Å². The first-order valence-electron chi connectivity index (χ1n) is 9.47. The number of benzene rings is 2. The lowest BCUT2D eigenvalue weighted by Gasteiger charge is -2.27. The molecule has 1 aliphatic heterocycles. The van der Waals surface area contributed by atoms with Crippen LogP contribution >= 0.6 is 0 Å². The minimum absolute atomic E-state index is 0.0299. The number of amides is 2. The van der Waals surface area contributed by atoms with Crippen LogP contribution in [0.15, 0.2) is 48.5 Å². The molecule has 0 unspecified atom stereocenters. The Balaban J connectivity index is 1.68. The van der Waals surface area contributed by atoms with Crippen molar-refractivity contribution in [3.63, 3.8) is 0 Å². The number of para-hydroxylation sites is 1. The van der Waals surface area contributed by atoms with Crippen LogP contribution in [-0.4, -0.2) is 35.9 Å². The van der Waals surface area contributed by atoms with Crippen molar-refractivity contribution in [1.82, 2.24) is 4.90 Å². The zero-order chi connectivity index (χ0) is 19.2. The standard InChI is InChI=1S/C22H26N2O3/c1-16-10-12-18(13-11-16)27-17(2)21(25)23-20-9-5-4-8-19(20)22(26)24-14-6-3-7-15-24/h4-5,8-13,17H,3,6-7,14-15H2,1-2H3,(H,23,25)/t17-/m1/s1. The van der Waals surface area contributed by atoms with E-state index in [9.17, 15) is 9.59 Å². The molecule has 0 aliphatic carbocycles. The summed E-state index contributed by atoms with van der Waals surface area (Å²) in [5, 5.41) is 2.85. The average molecular weight is 366 g/mol. The number of nitrogens with zero attached hydrogens (tertiary/aromatic N) is 1. The maximum Gasteiger partial charge on any atom is 0.265 e. The number of anilines is 1. The summed E-state index contributed by atoms with van der Waals surface area (Å²) in [6.07, 6.45) is 2.55. The molecule has 1 N–H and O–H groups in total. The van der Waals surface area contributed by atoms with Gasteiger partial charge in [0.15, 0.2) is 6.10 Å². The summed E-state index contributed by atoms with van der Waals surface area (Å²) in [6, 6.07) is 14.7. The highest BCUT2D eigenvalue weighted by molar-refractivity contribution is 6.04. The summed E-state index contributed by atoms with van der Waals surface area (Å²) in [5.41, 5.74) is 2.18. The Labute approximate surface area is 160 Å². The van der Waals surface area contributed by atoms with E-state index in [0.29, 0.717) is 17.0 Å². The second-order valence-electron chi connectivity index (χ2n) is 6.96. The van der Waals surface area contributed by atoms with Gasteiger partial charge in [-0.05, 0) is 57.4 Å². The maximum atomic E-state index is 12.8. The van der Waals surface area contributed by atoms with Crippen LogP contribution in [-0.2, 0) is 4.79 Å². The first-order valence-corrected chi connectivity index (χ1v) is 9.47. The molecule has 0 bridgehead atoms. The topological polar surface area (TPSA) is 58.6 Å². The van der Waals surface area contributed by atoms with Crippen LogP contribution in [0.25, 0.3) is 0 Å². The second-order valence-corrected chi connectivity index (χ2v) is 6.96. The molecule has 2 aromatic rings.